The Morgan fingerprint density at radius 3 is 2.77 bits per heavy atom. The molecule has 5 rings (SSSR count). The fourth-order valence-corrected chi connectivity index (χ4v) is 6.05. The Morgan fingerprint density at radius 1 is 1.29 bits per heavy atom. The van der Waals surface area contributed by atoms with Crippen LogP contribution in [-0.2, 0) is 11.3 Å². The number of nitriles is 1. The highest BCUT2D eigenvalue weighted by Gasteiger charge is 2.31. The van der Waals surface area contributed by atoms with Crippen LogP contribution in [0.1, 0.15) is 12.5 Å². The van der Waals surface area contributed by atoms with Crippen LogP contribution in [0.4, 0.5) is 14.6 Å². The Kier molecular flexibility index (Phi) is 5.81. The molecule has 35 heavy (non-hydrogen) atoms. The van der Waals surface area contributed by atoms with E-state index in [-0.39, 0.29) is 23.1 Å². The van der Waals surface area contributed by atoms with Crippen molar-refractivity contribution in [1.29, 1.82) is 5.26 Å². The van der Waals surface area contributed by atoms with Gasteiger partial charge in [0.15, 0.2) is 0 Å². The number of nitrogens with zero attached hydrogens (tertiary/aromatic N) is 5. The lowest BCUT2D eigenvalue weighted by molar-refractivity contribution is -0.126. The van der Waals surface area contributed by atoms with Gasteiger partial charge in [-0.2, -0.15) is 10.2 Å². The Hall–Kier alpha value is -3.71. The zero-order valence-electron chi connectivity index (χ0n) is 18.9. The lowest BCUT2D eigenvalue weighted by atomic mass is 9.96. The third kappa shape index (κ3) is 3.76. The van der Waals surface area contributed by atoms with E-state index in [2.05, 4.69) is 17.6 Å². The number of piperazine rings is 1. The molecule has 1 atom stereocenters. The van der Waals surface area contributed by atoms with Crippen molar-refractivity contribution < 1.29 is 13.6 Å². The SMILES string of the molecule is C=CC(=O)N1CCN(c2nc(=O)n3c4c(c(-c5ccc(F)cc5F)c(C#N)cc24)SCC3)C(C)C1. The summed E-state index contributed by atoms with van der Waals surface area (Å²) in [5.74, 6) is -0.658. The first-order chi connectivity index (χ1) is 16.8. The van der Waals surface area contributed by atoms with Crippen LogP contribution in [0.5, 0.6) is 0 Å². The fraction of sp³-hybridized carbons (Fsp3) is 0.280. The summed E-state index contributed by atoms with van der Waals surface area (Å²) in [5, 5.41) is 10.6. The number of carbonyl (C=O) groups excluding carboxylic acids is 1. The second kappa shape index (κ2) is 8.82. The van der Waals surface area contributed by atoms with E-state index >= 15 is 0 Å². The van der Waals surface area contributed by atoms with Gasteiger partial charge in [-0.15, -0.1) is 11.8 Å². The van der Waals surface area contributed by atoms with Crippen LogP contribution in [0.15, 0.2) is 46.6 Å². The van der Waals surface area contributed by atoms with Crippen LogP contribution in [0, 0.1) is 23.0 Å². The van der Waals surface area contributed by atoms with Gasteiger partial charge in [0.05, 0.1) is 17.1 Å². The van der Waals surface area contributed by atoms with Gasteiger partial charge in [-0.3, -0.25) is 9.36 Å². The summed E-state index contributed by atoms with van der Waals surface area (Å²) in [4.78, 5) is 33.8. The molecule has 2 aliphatic heterocycles. The first-order valence-electron chi connectivity index (χ1n) is 11.1. The normalized spacial score (nSPS) is 17.4. The number of carbonyl (C=O) groups is 1. The molecule has 1 amide bonds. The van der Waals surface area contributed by atoms with Gasteiger partial charge in [0.25, 0.3) is 0 Å². The monoisotopic (exact) mass is 493 g/mol. The molecule has 0 saturated carbocycles. The van der Waals surface area contributed by atoms with Crippen molar-refractivity contribution in [2.24, 2.45) is 0 Å². The number of amides is 1. The molecule has 0 N–H and O–H groups in total. The third-order valence-electron chi connectivity index (χ3n) is 6.47. The molecule has 1 aromatic heterocycles. The molecule has 0 aliphatic carbocycles. The van der Waals surface area contributed by atoms with Crippen LogP contribution in [0.3, 0.4) is 0 Å². The van der Waals surface area contributed by atoms with Crippen LogP contribution >= 0.6 is 11.8 Å². The molecule has 10 heteroatoms. The van der Waals surface area contributed by atoms with E-state index in [4.69, 9.17) is 0 Å². The average molecular weight is 494 g/mol. The summed E-state index contributed by atoms with van der Waals surface area (Å²) in [7, 11) is 0. The lowest BCUT2D eigenvalue weighted by Crippen LogP contribution is -2.54. The molecule has 2 aromatic carbocycles. The van der Waals surface area contributed by atoms with Crippen molar-refractivity contribution in [3.63, 3.8) is 0 Å². The second-order valence-electron chi connectivity index (χ2n) is 8.51. The first kappa shape index (κ1) is 23.1. The lowest BCUT2D eigenvalue weighted by Gasteiger charge is -2.40. The van der Waals surface area contributed by atoms with E-state index in [1.165, 1.54) is 23.9 Å². The minimum Gasteiger partial charge on any atom is -0.350 e. The number of anilines is 1. The number of halogens is 2. The number of benzene rings is 2. The highest BCUT2D eigenvalue weighted by molar-refractivity contribution is 7.99. The quantitative estimate of drug-likeness (QED) is 0.519. The van der Waals surface area contributed by atoms with Crippen molar-refractivity contribution >= 4 is 34.4 Å². The van der Waals surface area contributed by atoms with Gasteiger partial charge in [0.2, 0.25) is 5.91 Å². The summed E-state index contributed by atoms with van der Waals surface area (Å²) in [6, 6.07) is 6.92. The van der Waals surface area contributed by atoms with Crippen LogP contribution in [-0.4, -0.2) is 51.8 Å². The zero-order chi connectivity index (χ0) is 24.9. The minimum atomic E-state index is -0.775. The fourth-order valence-electron chi connectivity index (χ4n) is 4.85. The molecule has 178 valence electrons. The number of hydrogen-bond donors (Lipinski definition) is 0. The number of rotatable bonds is 3. The molecule has 0 radical (unpaired) electrons. The molecule has 1 unspecified atom stereocenters. The molecule has 0 spiro atoms. The maximum atomic E-state index is 14.8. The van der Waals surface area contributed by atoms with Crippen molar-refractivity contribution in [2.45, 2.75) is 24.4 Å². The van der Waals surface area contributed by atoms with Gasteiger partial charge in [-0.1, -0.05) is 6.58 Å². The smallest absolute Gasteiger partial charge is 0.350 e. The van der Waals surface area contributed by atoms with Crippen molar-refractivity contribution in [2.75, 3.05) is 30.3 Å². The van der Waals surface area contributed by atoms with Crippen LogP contribution in [0.25, 0.3) is 22.0 Å². The Balaban J connectivity index is 1.75. The Labute approximate surface area is 204 Å². The predicted octanol–water partition coefficient (Wildman–Crippen LogP) is 3.54. The number of aromatic nitrogens is 2. The van der Waals surface area contributed by atoms with E-state index in [9.17, 15) is 23.6 Å². The molecule has 7 nitrogen and oxygen atoms in total. The summed E-state index contributed by atoms with van der Waals surface area (Å²) in [6.45, 7) is 7.23. The zero-order valence-corrected chi connectivity index (χ0v) is 19.7. The maximum Gasteiger partial charge on any atom is 0.350 e. The van der Waals surface area contributed by atoms with Crippen LogP contribution in [0.2, 0.25) is 0 Å². The highest BCUT2D eigenvalue weighted by Crippen LogP contribution is 2.44. The van der Waals surface area contributed by atoms with E-state index in [1.54, 1.807) is 15.5 Å². The van der Waals surface area contributed by atoms with Gasteiger partial charge >= 0.3 is 5.69 Å². The molecule has 3 heterocycles. The molecule has 0 bridgehead atoms. The Morgan fingerprint density at radius 2 is 2.09 bits per heavy atom. The molecule has 1 fully saturated rings. The number of aryl methyl sites for hydroxylation is 1. The third-order valence-corrected chi connectivity index (χ3v) is 7.54. The number of thioether (sulfide) groups is 1. The van der Waals surface area contributed by atoms with Crippen molar-refractivity contribution in [3.05, 3.63) is 64.6 Å². The van der Waals surface area contributed by atoms with Gasteiger partial charge in [-0.05, 0) is 31.2 Å². The van der Waals surface area contributed by atoms with Crippen LogP contribution < -0.4 is 10.6 Å². The topological polar surface area (TPSA) is 82.2 Å². The standard InChI is InChI=1S/C25H21F2N5O2S/c1-3-20(33)30-6-7-31(14(2)13-30)24-18-10-15(12-28)21(17-5-4-16(26)11-19(17)27)23-22(18)32(8-9-35-23)25(34)29-24/h3-5,10-11,14H,1,6-9,13H2,2H3. The minimum absolute atomic E-state index is 0.108. The van der Waals surface area contributed by atoms with Crippen molar-refractivity contribution in [1.82, 2.24) is 14.5 Å². The van der Waals surface area contributed by atoms with Gasteiger partial charge in [0.1, 0.15) is 17.5 Å². The second-order valence-corrected chi connectivity index (χ2v) is 9.61. The highest BCUT2D eigenvalue weighted by atomic mass is 32.2. The molecule has 2 aliphatic rings. The van der Waals surface area contributed by atoms with E-state index < -0.39 is 17.3 Å². The van der Waals surface area contributed by atoms with Gasteiger partial charge < -0.3 is 9.80 Å². The maximum absolute atomic E-state index is 14.8. The van der Waals surface area contributed by atoms with E-state index in [1.807, 2.05) is 11.8 Å². The molecular formula is C25H21F2N5O2S. The molecular weight excluding hydrogens is 472 g/mol. The largest absolute Gasteiger partial charge is 0.350 e. The van der Waals surface area contributed by atoms with Crippen molar-refractivity contribution in [3.8, 4) is 17.2 Å². The molecule has 3 aromatic rings. The number of hydrogen-bond acceptors (Lipinski definition) is 6. The van der Waals surface area contributed by atoms with Gasteiger partial charge in [-0.25, -0.2) is 13.6 Å². The predicted molar refractivity (Wildman–Crippen MR) is 130 cm³/mol. The molecule has 1 saturated heterocycles. The summed E-state index contributed by atoms with van der Waals surface area (Å²) < 4.78 is 30.0. The summed E-state index contributed by atoms with van der Waals surface area (Å²) in [6.07, 6.45) is 1.28. The summed E-state index contributed by atoms with van der Waals surface area (Å²) >= 11 is 1.44. The Bertz CT molecular complexity index is 1500. The summed E-state index contributed by atoms with van der Waals surface area (Å²) in [5.41, 5.74) is 0.833. The van der Waals surface area contributed by atoms with E-state index in [0.717, 1.165) is 12.1 Å². The first-order valence-corrected chi connectivity index (χ1v) is 12.1. The van der Waals surface area contributed by atoms with Gasteiger partial charge in [0, 0.05) is 65.4 Å². The van der Waals surface area contributed by atoms with E-state index in [0.29, 0.717) is 59.1 Å². The average Bonchev–Trinajstić information content (AvgIpc) is 2.85.